The summed E-state index contributed by atoms with van der Waals surface area (Å²) in [6, 6.07) is 18.4. The van der Waals surface area contributed by atoms with Crippen molar-refractivity contribution in [1.82, 2.24) is 14.7 Å². The minimum atomic E-state index is -4.28. The summed E-state index contributed by atoms with van der Waals surface area (Å²) < 4.78 is 28.5. The van der Waals surface area contributed by atoms with Crippen molar-refractivity contribution in [3.05, 3.63) is 78.0 Å². The van der Waals surface area contributed by atoms with Crippen molar-refractivity contribution in [1.29, 1.82) is 0 Å². The predicted octanol–water partition coefficient (Wildman–Crippen LogP) is 4.63. The Bertz CT molecular complexity index is 1690. The molecule has 1 aliphatic rings. The summed E-state index contributed by atoms with van der Waals surface area (Å²) in [5, 5.41) is 2.19. The molecule has 0 saturated carbocycles. The van der Waals surface area contributed by atoms with Gasteiger partial charge in [-0.2, -0.15) is 0 Å². The van der Waals surface area contributed by atoms with Crippen molar-refractivity contribution in [2.24, 2.45) is 11.8 Å². The summed E-state index contributed by atoms with van der Waals surface area (Å²) in [5.41, 5.74) is 4.96. The second-order valence-corrected chi connectivity index (χ2v) is 12.4. The van der Waals surface area contributed by atoms with E-state index in [0.717, 1.165) is 28.3 Å². The molecular weight excluding hydrogens is 512 g/mol. The quantitative estimate of drug-likeness (QED) is 0.237. The third-order valence-corrected chi connectivity index (χ3v) is 8.65. The number of pyridine rings is 2. The summed E-state index contributed by atoms with van der Waals surface area (Å²) in [4.78, 5) is 24.4. The molecule has 2 aromatic carbocycles. The topological polar surface area (TPSA) is 130 Å². The average molecular weight is 545 g/mol. The lowest BCUT2D eigenvalue weighted by atomic mass is 9.96. The van der Waals surface area contributed by atoms with E-state index in [9.17, 15) is 13.2 Å². The number of sulfonamides is 1. The van der Waals surface area contributed by atoms with E-state index in [-0.39, 0.29) is 21.8 Å². The number of hydrazine groups is 1. The van der Waals surface area contributed by atoms with Gasteiger partial charge in [-0.1, -0.05) is 43.3 Å². The molecule has 0 unspecified atom stereocenters. The van der Waals surface area contributed by atoms with Crippen molar-refractivity contribution in [2.75, 3.05) is 16.9 Å². The first-order chi connectivity index (χ1) is 18.5. The number of benzene rings is 2. The Morgan fingerprint density at radius 2 is 1.79 bits per heavy atom. The van der Waals surface area contributed by atoms with Crippen LogP contribution in [0.15, 0.2) is 71.8 Å². The highest BCUT2D eigenvalue weighted by molar-refractivity contribution is 7.90. The zero-order valence-electron chi connectivity index (χ0n) is 22.4. The molecule has 1 aliphatic heterocycles. The monoisotopic (exact) mass is 544 g/mol. The lowest BCUT2D eigenvalue weighted by Crippen LogP contribution is -2.41. The maximum atomic E-state index is 13.6. The molecule has 0 aliphatic carbocycles. The minimum Gasteiger partial charge on any atom is -0.351 e. The summed E-state index contributed by atoms with van der Waals surface area (Å²) in [5.74, 6) is 5.43. The molecule has 3 heterocycles. The Kier molecular flexibility index (Phi) is 6.77. The SMILES string of the molecule is Cc1ccc(-c2ccc(C(=O)NS(=O)(=O)c3cccnc3NN)c(N3C[C@@H](C)CC3(C)C)n2)c2ccccc12. The van der Waals surface area contributed by atoms with Crippen molar-refractivity contribution >= 4 is 38.3 Å². The summed E-state index contributed by atoms with van der Waals surface area (Å²) in [6.45, 7) is 9.14. The molecule has 0 spiro atoms. The van der Waals surface area contributed by atoms with Crippen LogP contribution in [-0.4, -0.2) is 36.4 Å². The number of fused-ring (bicyclic) bond motifs is 1. The number of nitrogens with two attached hydrogens (primary N) is 1. The van der Waals surface area contributed by atoms with Gasteiger partial charge in [-0.05, 0) is 73.7 Å². The van der Waals surface area contributed by atoms with Gasteiger partial charge >= 0.3 is 0 Å². The Balaban J connectivity index is 1.63. The number of nitrogens with one attached hydrogen (secondary N) is 2. The lowest BCUT2D eigenvalue weighted by Gasteiger charge is -2.34. The molecule has 0 radical (unpaired) electrons. The van der Waals surface area contributed by atoms with Gasteiger partial charge in [0.05, 0.1) is 11.3 Å². The molecule has 202 valence electrons. The Hall–Kier alpha value is -4.02. The number of carbonyl (C=O) groups excluding carboxylic acids is 1. The summed E-state index contributed by atoms with van der Waals surface area (Å²) in [7, 11) is -4.28. The first-order valence-corrected chi connectivity index (χ1v) is 14.3. The van der Waals surface area contributed by atoms with Crippen LogP contribution in [0.2, 0.25) is 0 Å². The highest BCUT2D eigenvalue weighted by atomic mass is 32.2. The smallest absolute Gasteiger partial charge is 0.268 e. The highest BCUT2D eigenvalue weighted by Gasteiger charge is 2.39. The second kappa shape index (κ2) is 9.94. The van der Waals surface area contributed by atoms with Crippen LogP contribution in [0.5, 0.6) is 0 Å². The van der Waals surface area contributed by atoms with Gasteiger partial charge in [-0.25, -0.2) is 29.0 Å². The van der Waals surface area contributed by atoms with Crippen LogP contribution in [0.4, 0.5) is 11.6 Å². The highest BCUT2D eigenvalue weighted by Crippen LogP contribution is 2.39. The van der Waals surface area contributed by atoms with Crippen LogP contribution in [-0.2, 0) is 10.0 Å². The fraction of sp³-hybridized carbons (Fsp3) is 0.276. The molecular formula is C29H32N6O3S. The molecule has 4 aromatic rings. The van der Waals surface area contributed by atoms with E-state index in [4.69, 9.17) is 10.8 Å². The fourth-order valence-electron chi connectivity index (χ4n) is 5.56. The minimum absolute atomic E-state index is 0.0627. The molecule has 9 nitrogen and oxygen atoms in total. The van der Waals surface area contributed by atoms with E-state index in [0.29, 0.717) is 24.0 Å². The number of nitrogen functional groups attached to an aromatic ring is 1. The van der Waals surface area contributed by atoms with Crippen molar-refractivity contribution < 1.29 is 13.2 Å². The van der Waals surface area contributed by atoms with Crippen LogP contribution < -0.4 is 20.9 Å². The first kappa shape index (κ1) is 26.6. The van der Waals surface area contributed by atoms with Gasteiger partial charge in [0, 0.05) is 23.8 Å². The summed E-state index contributed by atoms with van der Waals surface area (Å²) in [6.07, 6.45) is 2.31. The number of anilines is 2. The second-order valence-electron chi connectivity index (χ2n) is 10.7. The van der Waals surface area contributed by atoms with Crippen LogP contribution in [0.25, 0.3) is 22.0 Å². The molecule has 1 saturated heterocycles. The maximum Gasteiger partial charge on any atom is 0.268 e. The van der Waals surface area contributed by atoms with E-state index in [1.54, 1.807) is 12.1 Å². The normalized spacial score (nSPS) is 16.8. The van der Waals surface area contributed by atoms with Gasteiger partial charge < -0.3 is 10.3 Å². The van der Waals surface area contributed by atoms with Crippen LogP contribution in [0.1, 0.15) is 43.1 Å². The Labute approximate surface area is 228 Å². The molecule has 10 heteroatoms. The first-order valence-electron chi connectivity index (χ1n) is 12.8. The molecule has 39 heavy (non-hydrogen) atoms. The fourth-order valence-corrected chi connectivity index (χ4v) is 6.65. The van der Waals surface area contributed by atoms with E-state index in [2.05, 4.69) is 65.9 Å². The molecule has 1 atom stereocenters. The molecule has 1 fully saturated rings. The molecule has 1 amide bonds. The Morgan fingerprint density at radius 3 is 2.49 bits per heavy atom. The van der Waals surface area contributed by atoms with Crippen LogP contribution >= 0.6 is 0 Å². The number of hydrogen-bond acceptors (Lipinski definition) is 8. The van der Waals surface area contributed by atoms with Gasteiger partial charge in [0.2, 0.25) is 0 Å². The lowest BCUT2D eigenvalue weighted by molar-refractivity contribution is 0.0981. The predicted molar refractivity (Wildman–Crippen MR) is 154 cm³/mol. The maximum absolute atomic E-state index is 13.6. The van der Waals surface area contributed by atoms with Gasteiger partial charge in [-0.15, -0.1) is 0 Å². The van der Waals surface area contributed by atoms with Gasteiger partial charge in [-0.3, -0.25) is 4.79 Å². The third-order valence-electron chi connectivity index (χ3n) is 7.29. The van der Waals surface area contributed by atoms with Crippen molar-refractivity contribution in [3.8, 4) is 11.3 Å². The van der Waals surface area contributed by atoms with Crippen molar-refractivity contribution in [3.63, 3.8) is 0 Å². The van der Waals surface area contributed by atoms with E-state index in [1.807, 2.05) is 18.2 Å². The molecule has 2 aromatic heterocycles. The average Bonchev–Trinajstić information content (AvgIpc) is 3.19. The van der Waals surface area contributed by atoms with Gasteiger partial charge in [0.25, 0.3) is 15.9 Å². The third kappa shape index (κ3) is 4.93. The zero-order valence-corrected chi connectivity index (χ0v) is 23.2. The number of nitrogens with zero attached hydrogens (tertiary/aromatic N) is 3. The number of hydrogen-bond donors (Lipinski definition) is 3. The van der Waals surface area contributed by atoms with Crippen LogP contribution in [0.3, 0.4) is 0 Å². The van der Waals surface area contributed by atoms with E-state index >= 15 is 0 Å². The standard InChI is InChI=1S/C29H32N6O3S/c1-18-16-29(3,4)35(17-18)27-23(28(36)34-39(37,38)25-10-7-15-31-26(25)33-30)13-14-24(32-27)22-12-11-19(2)20-8-5-6-9-21(20)22/h5-15,18H,16-17,30H2,1-4H3,(H,31,33)(H,34,36)/t18-/m0/s1. The molecule has 0 bridgehead atoms. The molecule has 5 rings (SSSR count). The van der Waals surface area contributed by atoms with Gasteiger partial charge in [0.15, 0.2) is 5.82 Å². The number of carbonyl (C=O) groups is 1. The van der Waals surface area contributed by atoms with E-state index < -0.39 is 15.9 Å². The number of amides is 1. The van der Waals surface area contributed by atoms with Crippen molar-refractivity contribution in [2.45, 2.75) is 44.6 Å². The van der Waals surface area contributed by atoms with Gasteiger partial charge in [0.1, 0.15) is 10.7 Å². The number of rotatable bonds is 6. The Morgan fingerprint density at radius 1 is 1.05 bits per heavy atom. The van der Waals surface area contributed by atoms with E-state index in [1.165, 1.54) is 18.3 Å². The number of aromatic nitrogens is 2. The molecule has 4 N–H and O–H groups in total. The number of aryl methyl sites for hydroxylation is 1. The van der Waals surface area contributed by atoms with Crippen LogP contribution in [0, 0.1) is 12.8 Å². The summed E-state index contributed by atoms with van der Waals surface area (Å²) >= 11 is 0. The largest absolute Gasteiger partial charge is 0.351 e. The zero-order chi connectivity index (χ0) is 27.9.